The van der Waals surface area contributed by atoms with E-state index in [-0.39, 0.29) is 0 Å². The number of fused-ring (bicyclic) bond motifs is 1. The normalized spacial score (nSPS) is 14.6. The number of aromatic nitrogens is 5. The first kappa shape index (κ1) is 21.6. The lowest BCUT2D eigenvalue weighted by molar-refractivity contribution is 0.0398. The molecule has 1 aliphatic rings. The van der Waals surface area contributed by atoms with Gasteiger partial charge < -0.3 is 15.8 Å². The fraction of sp³-hybridized carbons (Fsp3) is 0.304. The van der Waals surface area contributed by atoms with E-state index in [1.807, 2.05) is 43.6 Å². The van der Waals surface area contributed by atoms with Crippen molar-refractivity contribution >= 4 is 34.1 Å². The first-order valence-electron chi connectivity index (χ1n) is 10.8. The minimum absolute atomic E-state index is 0.329. The Labute approximate surface area is 196 Å². The molecule has 3 aromatic heterocycles. The standard InChI is InChI=1S/C23H25ClN8O/c1-31-7-4-18(30-31)21-20(16-13-15-3-2-5-26-19(15)17(24)14-16)29-23(22(25)28-21)27-6-8-32-9-11-33-12-10-32/h2-5,7,13-14H,6,8-12H2,1H3,(H2,25,28)(H,27,29). The summed E-state index contributed by atoms with van der Waals surface area (Å²) in [5, 5.41) is 9.35. The SMILES string of the molecule is Cn1ccc(-c2nc(N)c(NCCN3CCOCC3)nc2-c2cc(Cl)c3ncccc3c2)n1. The number of benzene rings is 1. The third-order valence-corrected chi connectivity index (χ3v) is 5.92. The Kier molecular flexibility index (Phi) is 6.08. The van der Waals surface area contributed by atoms with Gasteiger partial charge >= 0.3 is 0 Å². The Bertz CT molecular complexity index is 1280. The van der Waals surface area contributed by atoms with Crippen LogP contribution >= 0.6 is 11.6 Å². The highest BCUT2D eigenvalue weighted by Crippen LogP contribution is 2.35. The van der Waals surface area contributed by atoms with Crippen LogP contribution in [-0.4, -0.2) is 69.0 Å². The van der Waals surface area contributed by atoms with Crippen LogP contribution in [0.4, 0.5) is 11.6 Å². The number of hydrogen-bond acceptors (Lipinski definition) is 8. The highest BCUT2D eigenvalue weighted by Gasteiger charge is 2.19. The van der Waals surface area contributed by atoms with Gasteiger partial charge in [-0.3, -0.25) is 14.6 Å². The largest absolute Gasteiger partial charge is 0.381 e. The molecule has 1 fully saturated rings. The van der Waals surface area contributed by atoms with E-state index in [9.17, 15) is 0 Å². The van der Waals surface area contributed by atoms with Gasteiger partial charge in [-0.15, -0.1) is 0 Å². The topological polar surface area (TPSA) is 107 Å². The Morgan fingerprint density at radius 1 is 1.15 bits per heavy atom. The Balaban J connectivity index is 1.53. The van der Waals surface area contributed by atoms with E-state index in [2.05, 4.69) is 20.3 Å². The Morgan fingerprint density at radius 3 is 2.79 bits per heavy atom. The number of pyridine rings is 1. The summed E-state index contributed by atoms with van der Waals surface area (Å²) < 4.78 is 7.14. The lowest BCUT2D eigenvalue weighted by atomic mass is 10.0. The minimum Gasteiger partial charge on any atom is -0.381 e. The number of hydrogen-bond donors (Lipinski definition) is 2. The van der Waals surface area contributed by atoms with Crippen molar-refractivity contribution in [1.82, 2.24) is 29.6 Å². The molecular weight excluding hydrogens is 440 g/mol. The van der Waals surface area contributed by atoms with E-state index in [1.165, 1.54) is 0 Å². The van der Waals surface area contributed by atoms with Gasteiger partial charge in [0.15, 0.2) is 11.6 Å². The number of nitrogens with two attached hydrogens (primary N) is 1. The molecule has 0 unspecified atom stereocenters. The summed E-state index contributed by atoms with van der Waals surface area (Å²) in [4.78, 5) is 16.3. The van der Waals surface area contributed by atoms with Crippen molar-refractivity contribution in [1.29, 1.82) is 0 Å². The average molecular weight is 465 g/mol. The van der Waals surface area contributed by atoms with E-state index in [0.717, 1.165) is 49.3 Å². The number of morpholine rings is 1. The second-order valence-electron chi connectivity index (χ2n) is 7.94. The predicted molar refractivity (Wildman–Crippen MR) is 130 cm³/mol. The molecule has 33 heavy (non-hydrogen) atoms. The predicted octanol–water partition coefficient (Wildman–Crippen LogP) is 3.07. The van der Waals surface area contributed by atoms with Crippen molar-refractivity contribution in [3.8, 4) is 22.6 Å². The molecule has 1 aromatic carbocycles. The van der Waals surface area contributed by atoms with Crippen LogP contribution < -0.4 is 11.1 Å². The molecule has 0 atom stereocenters. The van der Waals surface area contributed by atoms with Crippen LogP contribution in [-0.2, 0) is 11.8 Å². The fourth-order valence-electron chi connectivity index (χ4n) is 3.94. The molecule has 4 heterocycles. The van der Waals surface area contributed by atoms with Gasteiger partial charge in [0.2, 0.25) is 0 Å². The molecule has 0 aliphatic carbocycles. The summed E-state index contributed by atoms with van der Waals surface area (Å²) in [5.41, 5.74) is 9.83. The maximum Gasteiger partial charge on any atom is 0.169 e. The van der Waals surface area contributed by atoms with Gasteiger partial charge in [0.25, 0.3) is 0 Å². The molecule has 10 heteroatoms. The van der Waals surface area contributed by atoms with E-state index >= 15 is 0 Å². The molecule has 170 valence electrons. The number of anilines is 2. The second-order valence-corrected chi connectivity index (χ2v) is 8.35. The van der Waals surface area contributed by atoms with Gasteiger partial charge in [-0.1, -0.05) is 17.7 Å². The molecule has 5 rings (SSSR count). The van der Waals surface area contributed by atoms with Crippen molar-refractivity contribution in [2.24, 2.45) is 7.05 Å². The van der Waals surface area contributed by atoms with Crippen LogP contribution in [0.3, 0.4) is 0 Å². The van der Waals surface area contributed by atoms with E-state index in [1.54, 1.807) is 10.9 Å². The smallest absolute Gasteiger partial charge is 0.169 e. The van der Waals surface area contributed by atoms with E-state index in [0.29, 0.717) is 40.3 Å². The average Bonchev–Trinajstić information content (AvgIpc) is 3.26. The minimum atomic E-state index is 0.329. The van der Waals surface area contributed by atoms with Crippen LogP contribution in [0.5, 0.6) is 0 Å². The van der Waals surface area contributed by atoms with Gasteiger partial charge in [0.1, 0.15) is 17.1 Å². The lowest BCUT2D eigenvalue weighted by Crippen LogP contribution is -2.39. The second kappa shape index (κ2) is 9.30. The maximum atomic E-state index is 6.57. The molecular formula is C23H25ClN8O. The zero-order valence-electron chi connectivity index (χ0n) is 18.3. The van der Waals surface area contributed by atoms with Crippen LogP contribution in [0.15, 0.2) is 42.7 Å². The number of nitrogen functional groups attached to an aromatic ring is 1. The van der Waals surface area contributed by atoms with Gasteiger partial charge in [0, 0.05) is 56.6 Å². The van der Waals surface area contributed by atoms with Crippen molar-refractivity contribution in [3.63, 3.8) is 0 Å². The molecule has 0 saturated carbocycles. The van der Waals surface area contributed by atoms with Gasteiger partial charge in [0.05, 0.1) is 23.8 Å². The summed E-state index contributed by atoms with van der Waals surface area (Å²) in [6, 6.07) is 9.63. The molecule has 3 N–H and O–H groups in total. The number of rotatable bonds is 6. The summed E-state index contributed by atoms with van der Waals surface area (Å²) in [6.07, 6.45) is 3.59. The van der Waals surface area contributed by atoms with Gasteiger partial charge in [-0.2, -0.15) is 5.10 Å². The maximum absolute atomic E-state index is 6.57. The zero-order chi connectivity index (χ0) is 22.8. The highest BCUT2D eigenvalue weighted by molar-refractivity contribution is 6.35. The summed E-state index contributed by atoms with van der Waals surface area (Å²) in [6.45, 7) is 4.95. The molecule has 4 aromatic rings. The van der Waals surface area contributed by atoms with Gasteiger partial charge in [-0.25, -0.2) is 9.97 Å². The first-order valence-corrected chi connectivity index (χ1v) is 11.2. The summed E-state index contributed by atoms with van der Waals surface area (Å²) >= 11 is 6.57. The molecule has 9 nitrogen and oxygen atoms in total. The number of nitrogens with one attached hydrogen (secondary N) is 1. The summed E-state index contributed by atoms with van der Waals surface area (Å²) in [5.74, 6) is 0.871. The first-order chi connectivity index (χ1) is 16.1. The summed E-state index contributed by atoms with van der Waals surface area (Å²) in [7, 11) is 1.86. The quantitative estimate of drug-likeness (QED) is 0.448. The van der Waals surface area contributed by atoms with Gasteiger partial charge in [-0.05, 0) is 24.3 Å². The molecule has 1 aliphatic heterocycles. The van der Waals surface area contributed by atoms with Crippen LogP contribution in [0, 0.1) is 0 Å². The number of halogens is 1. The molecule has 0 bridgehead atoms. The molecule has 0 radical (unpaired) electrons. The number of aryl methyl sites for hydroxylation is 1. The number of nitrogens with zero attached hydrogens (tertiary/aromatic N) is 6. The van der Waals surface area contributed by atoms with E-state index in [4.69, 9.17) is 32.0 Å². The molecule has 0 amide bonds. The monoisotopic (exact) mass is 464 g/mol. The zero-order valence-corrected chi connectivity index (χ0v) is 19.1. The van der Waals surface area contributed by atoms with Crippen molar-refractivity contribution < 1.29 is 4.74 Å². The third kappa shape index (κ3) is 4.61. The Hall–Kier alpha value is -3.27. The van der Waals surface area contributed by atoms with E-state index < -0.39 is 0 Å². The van der Waals surface area contributed by atoms with Crippen LogP contribution in [0.2, 0.25) is 5.02 Å². The van der Waals surface area contributed by atoms with Crippen molar-refractivity contribution in [2.75, 3.05) is 50.4 Å². The Morgan fingerprint density at radius 2 is 2.00 bits per heavy atom. The number of ether oxygens (including phenoxy) is 1. The molecule has 0 spiro atoms. The van der Waals surface area contributed by atoms with Crippen LogP contribution in [0.1, 0.15) is 0 Å². The third-order valence-electron chi connectivity index (χ3n) is 5.64. The lowest BCUT2D eigenvalue weighted by Gasteiger charge is -2.26. The highest BCUT2D eigenvalue weighted by atomic mass is 35.5. The van der Waals surface area contributed by atoms with Crippen molar-refractivity contribution in [2.45, 2.75) is 0 Å². The van der Waals surface area contributed by atoms with Crippen LogP contribution in [0.25, 0.3) is 33.5 Å². The van der Waals surface area contributed by atoms with Crippen molar-refractivity contribution in [3.05, 3.63) is 47.7 Å². The fourth-order valence-corrected chi connectivity index (χ4v) is 4.22. The molecule has 1 saturated heterocycles.